The first-order valence-electron chi connectivity index (χ1n) is 3.57. The summed E-state index contributed by atoms with van der Waals surface area (Å²) in [7, 11) is 1.65. The van der Waals surface area contributed by atoms with Crippen molar-refractivity contribution in [3.8, 4) is 0 Å². The molecule has 1 aromatic rings. The second-order valence-electron chi connectivity index (χ2n) is 2.32. The van der Waals surface area contributed by atoms with E-state index < -0.39 is 0 Å². The van der Waals surface area contributed by atoms with Crippen molar-refractivity contribution in [2.75, 3.05) is 17.7 Å². The summed E-state index contributed by atoms with van der Waals surface area (Å²) in [4.78, 5) is 14.7. The lowest BCUT2D eigenvalue weighted by atomic mass is 10.5. The van der Waals surface area contributed by atoms with E-state index in [0.717, 1.165) is 0 Å². The summed E-state index contributed by atoms with van der Waals surface area (Å²) in [6, 6.07) is 1.73. The molecule has 1 rings (SSSR count). The predicted octanol–water partition coefficient (Wildman–Crippen LogP) is 0.853. The Hall–Kier alpha value is -0.740. The van der Waals surface area contributed by atoms with Crippen LogP contribution in [0.3, 0.4) is 0 Å². The van der Waals surface area contributed by atoms with Gasteiger partial charge in [0.2, 0.25) is 0 Å². The Kier molecular flexibility index (Phi) is 5.50. The maximum absolute atomic E-state index is 11.0. The molecule has 0 aliphatic heterocycles. The van der Waals surface area contributed by atoms with Gasteiger partial charge in [-0.05, 0) is 6.07 Å². The Balaban J connectivity index is 0.00000144. The lowest BCUT2D eigenvalue weighted by molar-refractivity contribution is 0.811. The molecule has 0 aliphatic rings. The van der Waals surface area contributed by atoms with E-state index >= 15 is 0 Å². The minimum absolute atomic E-state index is 0. The van der Waals surface area contributed by atoms with Crippen LogP contribution in [0.5, 0.6) is 0 Å². The Bertz CT molecular complexity index is 313. The molecule has 0 radical (unpaired) electrons. The lowest BCUT2D eigenvalue weighted by Gasteiger charge is -2.02. The molecule has 6 heteroatoms. The summed E-state index contributed by atoms with van der Waals surface area (Å²) in [5.74, 6) is 1.07. The van der Waals surface area contributed by atoms with Gasteiger partial charge in [-0.1, -0.05) is 0 Å². The number of anilines is 1. The molecule has 0 aliphatic carbocycles. The van der Waals surface area contributed by atoms with Crippen molar-refractivity contribution in [1.29, 1.82) is 0 Å². The average Bonchev–Trinajstić information content (AvgIpc) is 2.07. The van der Waals surface area contributed by atoms with Crippen LogP contribution in [0.2, 0.25) is 0 Å². The number of aryl methyl sites for hydroxylation is 1. The predicted molar refractivity (Wildman–Crippen MR) is 55.9 cm³/mol. The van der Waals surface area contributed by atoms with Crippen molar-refractivity contribution >= 4 is 29.8 Å². The molecule has 74 valence electrons. The van der Waals surface area contributed by atoms with Gasteiger partial charge in [0.25, 0.3) is 0 Å². The van der Waals surface area contributed by atoms with Gasteiger partial charge >= 0.3 is 5.69 Å². The van der Waals surface area contributed by atoms with Crippen LogP contribution in [-0.2, 0) is 7.05 Å². The summed E-state index contributed by atoms with van der Waals surface area (Å²) < 4.78 is 1.41. The standard InChI is InChI=1S/C7H10ClN3O.ClH/c1-11-5-2-6(9-4-3-8)10-7(11)12;/h2,5H,3-4H2,1H3,(H,9,10,12);1H. The SMILES string of the molecule is Cl.Cn1ccc(NCCCl)nc1=O. The highest BCUT2D eigenvalue weighted by atomic mass is 35.5. The Labute approximate surface area is 87.3 Å². The van der Waals surface area contributed by atoms with Crippen molar-refractivity contribution in [2.24, 2.45) is 7.05 Å². The number of hydrogen-bond donors (Lipinski definition) is 1. The van der Waals surface area contributed by atoms with Gasteiger partial charge in [-0.25, -0.2) is 4.79 Å². The zero-order chi connectivity index (χ0) is 8.97. The second-order valence-corrected chi connectivity index (χ2v) is 2.70. The Morgan fingerprint density at radius 1 is 1.69 bits per heavy atom. The van der Waals surface area contributed by atoms with Gasteiger partial charge in [-0.3, -0.25) is 0 Å². The van der Waals surface area contributed by atoms with Gasteiger partial charge in [0, 0.05) is 25.7 Å². The summed E-state index contributed by atoms with van der Waals surface area (Å²) in [5.41, 5.74) is -0.269. The average molecular weight is 224 g/mol. The third kappa shape index (κ3) is 3.65. The van der Waals surface area contributed by atoms with Crippen molar-refractivity contribution in [1.82, 2.24) is 9.55 Å². The molecule has 13 heavy (non-hydrogen) atoms. The number of nitrogens with zero attached hydrogens (tertiary/aromatic N) is 2. The first-order chi connectivity index (χ1) is 5.74. The molecule has 0 bridgehead atoms. The quantitative estimate of drug-likeness (QED) is 0.774. The monoisotopic (exact) mass is 223 g/mol. The minimum atomic E-state index is -0.269. The first kappa shape index (κ1) is 12.3. The fourth-order valence-electron chi connectivity index (χ4n) is 0.739. The van der Waals surface area contributed by atoms with Gasteiger partial charge < -0.3 is 9.88 Å². The van der Waals surface area contributed by atoms with Crippen LogP contribution in [0, 0.1) is 0 Å². The highest BCUT2D eigenvalue weighted by Crippen LogP contribution is 1.95. The number of alkyl halides is 1. The van der Waals surface area contributed by atoms with E-state index in [1.807, 2.05) is 0 Å². The highest BCUT2D eigenvalue weighted by molar-refractivity contribution is 6.18. The number of aromatic nitrogens is 2. The van der Waals surface area contributed by atoms with E-state index in [4.69, 9.17) is 11.6 Å². The van der Waals surface area contributed by atoms with Gasteiger partial charge in [-0.15, -0.1) is 24.0 Å². The number of nitrogens with one attached hydrogen (secondary N) is 1. The van der Waals surface area contributed by atoms with E-state index in [9.17, 15) is 4.79 Å². The molecule has 0 fully saturated rings. The molecule has 1 heterocycles. The largest absolute Gasteiger partial charge is 0.369 e. The van der Waals surface area contributed by atoms with Crippen LogP contribution >= 0.6 is 24.0 Å². The van der Waals surface area contributed by atoms with E-state index in [0.29, 0.717) is 18.2 Å². The van der Waals surface area contributed by atoms with Gasteiger partial charge in [-0.2, -0.15) is 4.98 Å². The van der Waals surface area contributed by atoms with Crippen molar-refractivity contribution in [3.63, 3.8) is 0 Å². The maximum atomic E-state index is 11.0. The van der Waals surface area contributed by atoms with Crippen molar-refractivity contribution < 1.29 is 0 Å². The van der Waals surface area contributed by atoms with E-state index in [2.05, 4.69) is 10.3 Å². The highest BCUT2D eigenvalue weighted by Gasteiger charge is 1.94. The van der Waals surface area contributed by atoms with Crippen LogP contribution in [-0.4, -0.2) is 22.0 Å². The van der Waals surface area contributed by atoms with E-state index in [1.54, 1.807) is 19.3 Å². The molecule has 0 aromatic carbocycles. The number of rotatable bonds is 3. The molecular weight excluding hydrogens is 213 g/mol. The van der Waals surface area contributed by atoms with Crippen LogP contribution < -0.4 is 11.0 Å². The van der Waals surface area contributed by atoms with Crippen molar-refractivity contribution in [3.05, 3.63) is 22.7 Å². The first-order valence-corrected chi connectivity index (χ1v) is 4.11. The van der Waals surface area contributed by atoms with Gasteiger partial charge in [0.05, 0.1) is 0 Å². The smallest absolute Gasteiger partial charge is 0.349 e. The zero-order valence-electron chi connectivity index (χ0n) is 7.16. The maximum Gasteiger partial charge on any atom is 0.349 e. The van der Waals surface area contributed by atoms with Gasteiger partial charge in [0.1, 0.15) is 5.82 Å². The number of hydrogen-bond acceptors (Lipinski definition) is 3. The van der Waals surface area contributed by atoms with Crippen molar-refractivity contribution in [2.45, 2.75) is 0 Å². The molecule has 1 N–H and O–H groups in total. The van der Waals surface area contributed by atoms with E-state index in [1.165, 1.54) is 4.57 Å². The molecule has 0 spiro atoms. The fourth-order valence-corrected chi connectivity index (χ4v) is 0.834. The molecule has 0 saturated heterocycles. The second kappa shape index (κ2) is 5.83. The molecule has 0 unspecified atom stereocenters. The summed E-state index contributed by atoms with van der Waals surface area (Å²) in [5, 5.41) is 2.91. The zero-order valence-corrected chi connectivity index (χ0v) is 8.73. The fraction of sp³-hybridized carbons (Fsp3) is 0.429. The van der Waals surface area contributed by atoms with Crippen LogP contribution in [0.1, 0.15) is 0 Å². The van der Waals surface area contributed by atoms with E-state index in [-0.39, 0.29) is 18.1 Å². The molecule has 0 atom stereocenters. The Morgan fingerprint density at radius 2 is 2.38 bits per heavy atom. The van der Waals surface area contributed by atoms with Crippen LogP contribution in [0.4, 0.5) is 5.82 Å². The topological polar surface area (TPSA) is 46.9 Å². The summed E-state index contributed by atoms with van der Waals surface area (Å²) in [6.45, 7) is 0.613. The molecular formula is C7H11Cl2N3O. The normalized spacial score (nSPS) is 9.08. The van der Waals surface area contributed by atoms with Crippen LogP contribution in [0.25, 0.3) is 0 Å². The van der Waals surface area contributed by atoms with Crippen LogP contribution in [0.15, 0.2) is 17.1 Å². The summed E-state index contributed by atoms with van der Waals surface area (Å²) >= 11 is 5.45. The third-order valence-electron chi connectivity index (χ3n) is 1.37. The molecule has 0 saturated carbocycles. The van der Waals surface area contributed by atoms with Gasteiger partial charge in [0.15, 0.2) is 0 Å². The third-order valence-corrected chi connectivity index (χ3v) is 1.56. The molecule has 4 nitrogen and oxygen atoms in total. The Morgan fingerprint density at radius 3 is 2.92 bits per heavy atom. The summed E-state index contributed by atoms with van der Waals surface area (Å²) in [6.07, 6.45) is 1.66. The number of halogens is 2. The lowest BCUT2D eigenvalue weighted by Crippen LogP contribution is -2.20. The minimum Gasteiger partial charge on any atom is -0.369 e. The molecule has 0 amide bonds. The molecule has 1 aromatic heterocycles.